The third-order valence-electron chi connectivity index (χ3n) is 5.12. The molecule has 0 aliphatic carbocycles. The van der Waals surface area contributed by atoms with Crippen LogP contribution in [0.5, 0.6) is 11.5 Å². The van der Waals surface area contributed by atoms with Crippen LogP contribution in [0, 0.1) is 5.92 Å². The molecule has 0 saturated carbocycles. The van der Waals surface area contributed by atoms with Gasteiger partial charge in [0.1, 0.15) is 13.2 Å². The lowest BCUT2D eigenvalue weighted by molar-refractivity contribution is -0.116. The highest BCUT2D eigenvalue weighted by Crippen LogP contribution is 2.38. The minimum absolute atomic E-state index is 0.0900. The molecule has 0 radical (unpaired) electrons. The summed E-state index contributed by atoms with van der Waals surface area (Å²) in [7, 11) is 0. The molecule has 1 aromatic rings. The first kappa shape index (κ1) is 20.0. The normalized spacial score (nSPS) is 18.0. The van der Waals surface area contributed by atoms with E-state index in [0.717, 1.165) is 30.9 Å². The number of unbranched alkanes of at least 4 members (excludes halogenated alkanes) is 1. The molecular weight excluding hydrogens is 364 g/mol. The predicted molar refractivity (Wildman–Crippen MR) is 109 cm³/mol. The van der Waals surface area contributed by atoms with E-state index in [0.29, 0.717) is 36.3 Å². The number of ether oxygens (including phenoxy) is 2. The van der Waals surface area contributed by atoms with Gasteiger partial charge in [-0.2, -0.15) is 0 Å². The third-order valence-corrected chi connectivity index (χ3v) is 5.40. The van der Waals surface area contributed by atoms with Gasteiger partial charge in [-0.05, 0) is 75.0 Å². The van der Waals surface area contributed by atoms with Gasteiger partial charge in [-0.1, -0.05) is 18.5 Å². The Morgan fingerprint density at radius 1 is 1.26 bits per heavy atom. The van der Waals surface area contributed by atoms with Crippen molar-refractivity contribution in [1.29, 1.82) is 0 Å². The molecule has 2 aliphatic heterocycles. The molecule has 1 amide bonds. The summed E-state index contributed by atoms with van der Waals surface area (Å²) in [6, 6.07) is 3.61. The Hall–Kier alpha value is -1.72. The number of fused-ring (bicyclic) bond motifs is 1. The molecule has 148 valence electrons. The van der Waals surface area contributed by atoms with Crippen LogP contribution in [-0.4, -0.2) is 50.2 Å². The molecule has 1 aromatic carbocycles. The minimum Gasteiger partial charge on any atom is -0.486 e. The number of nitrogens with one attached hydrogen (secondary N) is 1. The molecule has 6 heteroatoms. The second-order valence-corrected chi connectivity index (χ2v) is 7.79. The largest absolute Gasteiger partial charge is 0.486 e. The zero-order chi connectivity index (χ0) is 19.1. The molecule has 1 fully saturated rings. The average molecular weight is 393 g/mol. The zero-order valence-electron chi connectivity index (χ0n) is 16.0. The van der Waals surface area contributed by atoms with Crippen molar-refractivity contribution in [2.45, 2.75) is 32.6 Å². The SMILES string of the molecule is CC1CCN(CCCCNC(=O)C=Cc2cc(Cl)c3c(c2)OCCO3)CC1. The molecule has 0 spiro atoms. The number of likely N-dealkylation sites (tertiary alicyclic amines) is 1. The Bertz CT molecular complexity index is 670. The van der Waals surface area contributed by atoms with Crippen molar-refractivity contribution >= 4 is 23.6 Å². The smallest absolute Gasteiger partial charge is 0.243 e. The molecule has 2 aliphatic rings. The maximum absolute atomic E-state index is 12.0. The van der Waals surface area contributed by atoms with Gasteiger partial charge in [0.15, 0.2) is 11.5 Å². The van der Waals surface area contributed by atoms with Crippen LogP contribution < -0.4 is 14.8 Å². The molecule has 0 bridgehead atoms. The Balaban J connectivity index is 1.36. The van der Waals surface area contributed by atoms with Crippen LogP contribution in [0.1, 0.15) is 38.2 Å². The Labute approximate surface area is 166 Å². The van der Waals surface area contributed by atoms with E-state index in [2.05, 4.69) is 17.1 Å². The second-order valence-electron chi connectivity index (χ2n) is 7.38. The van der Waals surface area contributed by atoms with Crippen molar-refractivity contribution in [1.82, 2.24) is 10.2 Å². The third kappa shape index (κ3) is 6.15. The fourth-order valence-electron chi connectivity index (χ4n) is 3.42. The summed E-state index contributed by atoms with van der Waals surface area (Å²) in [5, 5.41) is 3.44. The van der Waals surface area contributed by atoms with Crippen LogP contribution in [0.4, 0.5) is 0 Å². The molecule has 0 unspecified atom stereocenters. The summed E-state index contributed by atoms with van der Waals surface area (Å²) in [4.78, 5) is 14.5. The van der Waals surface area contributed by atoms with E-state index in [1.807, 2.05) is 6.07 Å². The first-order chi connectivity index (χ1) is 13.1. The van der Waals surface area contributed by atoms with Crippen molar-refractivity contribution in [3.8, 4) is 11.5 Å². The number of carbonyl (C=O) groups excluding carboxylic acids is 1. The van der Waals surface area contributed by atoms with Gasteiger partial charge in [-0.15, -0.1) is 0 Å². The molecule has 2 heterocycles. The van der Waals surface area contributed by atoms with E-state index in [9.17, 15) is 4.79 Å². The van der Waals surface area contributed by atoms with E-state index in [4.69, 9.17) is 21.1 Å². The van der Waals surface area contributed by atoms with Crippen LogP contribution in [0.3, 0.4) is 0 Å². The first-order valence-corrected chi connectivity index (χ1v) is 10.3. The van der Waals surface area contributed by atoms with Crippen molar-refractivity contribution in [3.05, 3.63) is 28.8 Å². The summed E-state index contributed by atoms with van der Waals surface area (Å²) in [5.74, 6) is 1.98. The maximum atomic E-state index is 12.0. The molecule has 1 saturated heterocycles. The number of hydrogen-bond donors (Lipinski definition) is 1. The maximum Gasteiger partial charge on any atom is 0.243 e. The fraction of sp³-hybridized carbons (Fsp3) is 0.571. The van der Waals surface area contributed by atoms with E-state index in [1.165, 1.54) is 32.0 Å². The number of nitrogens with zero attached hydrogens (tertiary/aromatic N) is 1. The van der Waals surface area contributed by atoms with Crippen molar-refractivity contribution < 1.29 is 14.3 Å². The summed E-state index contributed by atoms with van der Waals surface area (Å²) in [6.45, 7) is 7.61. The van der Waals surface area contributed by atoms with Gasteiger partial charge in [-0.25, -0.2) is 0 Å². The van der Waals surface area contributed by atoms with Crippen LogP contribution in [0.25, 0.3) is 6.08 Å². The fourth-order valence-corrected chi connectivity index (χ4v) is 3.69. The van der Waals surface area contributed by atoms with Crippen LogP contribution in [0.2, 0.25) is 5.02 Å². The molecule has 27 heavy (non-hydrogen) atoms. The monoisotopic (exact) mass is 392 g/mol. The first-order valence-electron chi connectivity index (χ1n) is 9.89. The van der Waals surface area contributed by atoms with Gasteiger partial charge < -0.3 is 19.7 Å². The molecule has 0 aromatic heterocycles. The summed E-state index contributed by atoms with van der Waals surface area (Å²) in [5.41, 5.74) is 0.818. The highest BCUT2D eigenvalue weighted by Gasteiger charge is 2.16. The van der Waals surface area contributed by atoms with Crippen LogP contribution >= 0.6 is 11.6 Å². The molecule has 0 atom stereocenters. The van der Waals surface area contributed by atoms with Crippen LogP contribution in [-0.2, 0) is 4.79 Å². The number of carbonyl (C=O) groups is 1. The molecule has 3 rings (SSSR count). The number of rotatable bonds is 7. The number of benzene rings is 1. The van der Waals surface area contributed by atoms with Gasteiger partial charge >= 0.3 is 0 Å². The quantitative estimate of drug-likeness (QED) is 0.567. The number of piperidine rings is 1. The minimum atomic E-state index is -0.0900. The molecule has 1 N–H and O–H groups in total. The summed E-state index contributed by atoms with van der Waals surface area (Å²) >= 11 is 6.21. The van der Waals surface area contributed by atoms with Gasteiger partial charge in [0, 0.05) is 12.6 Å². The average Bonchev–Trinajstić information content (AvgIpc) is 2.67. The molecular formula is C21H29ClN2O3. The topological polar surface area (TPSA) is 50.8 Å². The van der Waals surface area contributed by atoms with E-state index in [-0.39, 0.29) is 5.91 Å². The summed E-state index contributed by atoms with van der Waals surface area (Å²) in [6.07, 6.45) is 8.02. The highest BCUT2D eigenvalue weighted by atomic mass is 35.5. The Morgan fingerprint density at radius 2 is 2.04 bits per heavy atom. The Kier molecular flexibility index (Phi) is 7.41. The lowest BCUT2D eigenvalue weighted by Gasteiger charge is -2.30. The van der Waals surface area contributed by atoms with Crippen molar-refractivity contribution in [2.75, 3.05) is 39.4 Å². The Morgan fingerprint density at radius 3 is 2.85 bits per heavy atom. The lowest BCUT2D eigenvalue weighted by Crippen LogP contribution is -2.34. The van der Waals surface area contributed by atoms with E-state index < -0.39 is 0 Å². The zero-order valence-corrected chi connectivity index (χ0v) is 16.8. The number of halogens is 1. The van der Waals surface area contributed by atoms with Gasteiger partial charge in [-0.3, -0.25) is 4.79 Å². The van der Waals surface area contributed by atoms with Crippen LogP contribution in [0.15, 0.2) is 18.2 Å². The number of amides is 1. The number of hydrogen-bond acceptors (Lipinski definition) is 4. The molecule has 5 nitrogen and oxygen atoms in total. The lowest BCUT2D eigenvalue weighted by atomic mass is 9.99. The van der Waals surface area contributed by atoms with Crippen molar-refractivity contribution in [3.63, 3.8) is 0 Å². The van der Waals surface area contributed by atoms with Gasteiger partial charge in [0.2, 0.25) is 5.91 Å². The summed E-state index contributed by atoms with van der Waals surface area (Å²) < 4.78 is 11.0. The van der Waals surface area contributed by atoms with Gasteiger partial charge in [0.05, 0.1) is 5.02 Å². The van der Waals surface area contributed by atoms with E-state index in [1.54, 1.807) is 12.1 Å². The second kappa shape index (κ2) is 10.00. The van der Waals surface area contributed by atoms with E-state index >= 15 is 0 Å². The highest BCUT2D eigenvalue weighted by molar-refractivity contribution is 6.32. The van der Waals surface area contributed by atoms with Crippen molar-refractivity contribution in [2.24, 2.45) is 5.92 Å². The standard InChI is InChI=1S/C21H29ClN2O3/c1-16-6-10-24(11-7-16)9-3-2-8-23-20(25)5-4-17-14-18(22)21-19(15-17)26-12-13-27-21/h4-5,14-16H,2-3,6-13H2,1H3,(H,23,25). The van der Waals surface area contributed by atoms with Gasteiger partial charge in [0.25, 0.3) is 0 Å². The predicted octanol–water partition coefficient (Wildman–Crippen LogP) is 3.75.